The van der Waals surface area contributed by atoms with Gasteiger partial charge >= 0.3 is 0 Å². The van der Waals surface area contributed by atoms with E-state index in [1.807, 2.05) is 13.0 Å². The number of carbonyl (C=O) groups excluding carboxylic acids is 1. The van der Waals surface area contributed by atoms with Crippen LogP contribution in [-0.2, 0) is 9.53 Å². The van der Waals surface area contributed by atoms with Crippen LogP contribution >= 0.6 is 0 Å². The summed E-state index contributed by atoms with van der Waals surface area (Å²) >= 11 is 0. The van der Waals surface area contributed by atoms with Gasteiger partial charge in [-0.15, -0.1) is 0 Å². The summed E-state index contributed by atoms with van der Waals surface area (Å²) in [6.45, 7) is 8.30. The molecule has 0 amide bonds. The van der Waals surface area contributed by atoms with E-state index >= 15 is 0 Å². The fourth-order valence-electron chi connectivity index (χ4n) is 2.49. The number of rotatable bonds is 0. The largest absolute Gasteiger partial charge is 0.365 e. The second-order valence-electron chi connectivity index (χ2n) is 5.48. The molecule has 2 nitrogen and oxygen atoms in total. The van der Waals surface area contributed by atoms with Crippen LogP contribution < -0.4 is 0 Å². The van der Waals surface area contributed by atoms with Crippen molar-refractivity contribution in [1.29, 1.82) is 0 Å². The highest BCUT2D eigenvalue weighted by Gasteiger charge is 2.48. The SMILES string of the molecule is CC1C(=O)C(C(C)(C)C)C2C=CC1O2. The van der Waals surface area contributed by atoms with E-state index in [4.69, 9.17) is 4.74 Å². The summed E-state index contributed by atoms with van der Waals surface area (Å²) in [5.74, 6) is 0.408. The molecule has 0 saturated carbocycles. The molecule has 0 aliphatic carbocycles. The lowest BCUT2D eigenvalue weighted by Gasteiger charge is -2.39. The second kappa shape index (κ2) is 2.93. The maximum absolute atomic E-state index is 12.1. The zero-order valence-corrected chi connectivity index (χ0v) is 9.28. The molecule has 2 bridgehead atoms. The van der Waals surface area contributed by atoms with E-state index in [0.717, 1.165) is 0 Å². The third kappa shape index (κ3) is 1.33. The summed E-state index contributed by atoms with van der Waals surface area (Å²) in [4.78, 5) is 12.1. The summed E-state index contributed by atoms with van der Waals surface area (Å²) in [5, 5.41) is 0. The summed E-state index contributed by atoms with van der Waals surface area (Å²) in [6, 6.07) is 0. The average molecular weight is 194 g/mol. The van der Waals surface area contributed by atoms with Crippen molar-refractivity contribution in [2.24, 2.45) is 17.3 Å². The standard InChI is InChI=1S/C12H18O2/c1-7-8-5-6-9(14-8)10(11(7)13)12(2,3)4/h5-10H,1-4H3. The van der Waals surface area contributed by atoms with Crippen molar-refractivity contribution in [1.82, 2.24) is 0 Å². The van der Waals surface area contributed by atoms with Crippen molar-refractivity contribution in [3.8, 4) is 0 Å². The van der Waals surface area contributed by atoms with Gasteiger partial charge in [-0.3, -0.25) is 4.79 Å². The highest BCUT2D eigenvalue weighted by atomic mass is 16.5. The summed E-state index contributed by atoms with van der Waals surface area (Å²) in [5.41, 5.74) is -0.00431. The summed E-state index contributed by atoms with van der Waals surface area (Å²) < 4.78 is 5.79. The first-order chi connectivity index (χ1) is 6.41. The van der Waals surface area contributed by atoms with Crippen LogP contribution in [0.5, 0.6) is 0 Å². The fourth-order valence-corrected chi connectivity index (χ4v) is 2.49. The van der Waals surface area contributed by atoms with Crippen LogP contribution in [0.1, 0.15) is 27.7 Å². The number of ether oxygens (including phenoxy) is 1. The van der Waals surface area contributed by atoms with Crippen LogP contribution in [0.4, 0.5) is 0 Å². The first kappa shape index (κ1) is 9.91. The van der Waals surface area contributed by atoms with Crippen LogP contribution in [-0.4, -0.2) is 18.0 Å². The molecule has 1 saturated heterocycles. The smallest absolute Gasteiger partial charge is 0.145 e. The van der Waals surface area contributed by atoms with Crippen molar-refractivity contribution in [3.05, 3.63) is 12.2 Å². The molecule has 0 aromatic heterocycles. The number of hydrogen-bond donors (Lipinski definition) is 0. The molecule has 0 N–H and O–H groups in total. The van der Waals surface area contributed by atoms with Gasteiger partial charge in [0, 0.05) is 5.92 Å². The van der Waals surface area contributed by atoms with E-state index in [9.17, 15) is 4.79 Å². The van der Waals surface area contributed by atoms with Crippen molar-refractivity contribution in [2.45, 2.75) is 39.9 Å². The van der Waals surface area contributed by atoms with Gasteiger partial charge in [0.1, 0.15) is 5.78 Å². The van der Waals surface area contributed by atoms with Crippen LogP contribution in [0.2, 0.25) is 0 Å². The number of hydrogen-bond acceptors (Lipinski definition) is 2. The Morgan fingerprint density at radius 1 is 1.21 bits per heavy atom. The molecule has 2 heterocycles. The molecule has 0 aromatic rings. The minimum absolute atomic E-state index is 0.00431. The van der Waals surface area contributed by atoms with Gasteiger partial charge in [0.2, 0.25) is 0 Å². The predicted octanol–water partition coefficient (Wildman–Crippen LogP) is 2.19. The van der Waals surface area contributed by atoms with E-state index in [1.165, 1.54) is 0 Å². The zero-order valence-electron chi connectivity index (χ0n) is 9.28. The number of carbonyl (C=O) groups is 1. The second-order valence-corrected chi connectivity index (χ2v) is 5.48. The predicted molar refractivity (Wildman–Crippen MR) is 54.9 cm³/mol. The third-order valence-electron chi connectivity index (χ3n) is 3.31. The molecule has 1 fully saturated rings. The van der Waals surface area contributed by atoms with E-state index < -0.39 is 0 Å². The Hall–Kier alpha value is -0.630. The molecule has 2 aliphatic rings. The van der Waals surface area contributed by atoms with E-state index in [2.05, 4.69) is 26.8 Å². The Morgan fingerprint density at radius 2 is 1.79 bits per heavy atom. The third-order valence-corrected chi connectivity index (χ3v) is 3.31. The van der Waals surface area contributed by atoms with Crippen molar-refractivity contribution in [2.75, 3.05) is 0 Å². The lowest BCUT2D eigenvalue weighted by molar-refractivity contribution is -0.151. The minimum Gasteiger partial charge on any atom is -0.365 e. The molecule has 78 valence electrons. The maximum atomic E-state index is 12.1. The van der Waals surface area contributed by atoms with Gasteiger partial charge in [-0.2, -0.15) is 0 Å². The molecule has 0 aromatic carbocycles. The maximum Gasteiger partial charge on any atom is 0.145 e. The highest BCUT2D eigenvalue weighted by Crippen LogP contribution is 2.41. The normalized spacial score (nSPS) is 41.9. The molecule has 2 aliphatic heterocycles. The van der Waals surface area contributed by atoms with Crippen molar-refractivity contribution < 1.29 is 9.53 Å². The quantitative estimate of drug-likeness (QED) is 0.552. The minimum atomic E-state index is -0.00431. The van der Waals surface area contributed by atoms with Gasteiger partial charge in [0.25, 0.3) is 0 Å². The monoisotopic (exact) mass is 194 g/mol. The van der Waals surface area contributed by atoms with Crippen LogP contribution in [0.15, 0.2) is 12.2 Å². The molecular formula is C12H18O2. The molecule has 4 atom stereocenters. The number of Topliss-reactive ketones (excluding diaryl/α,β-unsaturated/α-hetero) is 1. The first-order valence-corrected chi connectivity index (χ1v) is 5.29. The fraction of sp³-hybridized carbons (Fsp3) is 0.750. The molecular weight excluding hydrogens is 176 g/mol. The number of ketones is 1. The van der Waals surface area contributed by atoms with E-state index in [0.29, 0.717) is 5.78 Å². The van der Waals surface area contributed by atoms with Gasteiger partial charge in [-0.1, -0.05) is 39.8 Å². The Kier molecular flexibility index (Phi) is 2.07. The summed E-state index contributed by atoms with van der Waals surface area (Å²) in [6.07, 6.45) is 4.15. The lowest BCUT2D eigenvalue weighted by atomic mass is 9.71. The van der Waals surface area contributed by atoms with Crippen LogP contribution in [0.25, 0.3) is 0 Å². The highest BCUT2D eigenvalue weighted by molar-refractivity contribution is 5.86. The first-order valence-electron chi connectivity index (χ1n) is 5.29. The topological polar surface area (TPSA) is 26.3 Å². The molecule has 0 radical (unpaired) electrons. The Labute approximate surface area is 85.3 Å². The van der Waals surface area contributed by atoms with Gasteiger partial charge in [0.05, 0.1) is 18.1 Å². The lowest BCUT2D eigenvalue weighted by Crippen LogP contribution is -2.48. The molecule has 0 spiro atoms. The Bertz CT molecular complexity index is 285. The van der Waals surface area contributed by atoms with Crippen LogP contribution in [0.3, 0.4) is 0 Å². The zero-order chi connectivity index (χ0) is 10.5. The van der Waals surface area contributed by atoms with Crippen molar-refractivity contribution >= 4 is 5.78 Å². The molecule has 4 unspecified atom stereocenters. The molecule has 14 heavy (non-hydrogen) atoms. The van der Waals surface area contributed by atoms with Gasteiger partial charge < -0.3 is 4.74 Å². The van der Waals surface area contributed by atoms with Gasteiger partial charge in [0.15, 0.2) is 0 Å². The molecule has 2 rings (SSSR count). The van der Waals surface area contributed by atoms with Crippen molar-refractivity contribution in [3.63, 3.8) is 0 Å². The Morgan fingerprint density at radius 3 is 2.36 bits per heavy atom. The van der Waals surface area contributed by atoms with E-state index in [-0.39, 0.29) is 29.5 Å². The Balaban J connectivity index is 2.32. The average Bonchev–Trinajstić information content (AvgIpc) is 2.44. The van der Waals surface area contributed by atoms with Gasteiger partial charge in [-0.25, -0.2) is 0 Å². The summed E-state index contributed by atoms with van der Waals surface area (Å²) in [7, 11) is 0. The van der Waals surface area contributed by atoms with Crippen LogP contribution in [0, 0.1) is 17.3 Å². The molecule has 2 heteroatoms. The van der Waals surface area contributed by atoms with Gasteiger partial charge in [-0.05, 0) is 5.41 Å². The number of fused-ring (bicyclic) bond motifs is 2. The van der Waals surface area contributed by atoms with E-state index in [1.54, 1.807) is 0 Å².